The maximum Gasteiger partial charge on any atom is 0.328 e. The van der Waals surface area contributed by atoms with E-state index in [1.807, 2.05) is 0 Å². The Kier molecular flexibility index (Phi) is 4.68. The number of esters is 1. The van der Waals surface area contributed by atoms with Gasteiger partial charge in [-0.3, -0.25) is 14.6 Å². The lowest BCUT2D eigenvalue weighted by Crippen LogP contribution is -2.30. The van der Waals surface area contributed by atoms with Gasteiger partial charge in [0.25, 0.3) is 5.56 Å². The highest BCUT2D eigenvalue weighted by Crippen LogP contribution is 1.94. The Hall–Kier alpha value is -1.85. The van der Waals surface area contributed by atoms with Crippen LogP contribution >= 0.6 is 0 Å². The van der Waals surface area contributed by atoms with Gasteiger partial charge in [0, 0.05) is 25.2 Å². The number of nitrogens with one attached hydrogen (secondary N) is 1. The summed E-state index contributed by atoms with van der Waals surface area (Å²) in [5, 5.41) is 0. The number of carbonyl (C=O) groups is 1. The first-order chi connectivity index (χ1) is 8.00. The van der Waals surface area contributed by atoms with Gasteiger partial charge in [-0.25, -0.2) is 4.79 Å². The summed E-state index contributed by atoms with van der Waals surface area (Å²) in [4.78, 5) is 35.2. The van der Waals surface area contributed by atoms with Crippen LogP contribution in [-0.4, -0.2) is 22.1 Å². The summed E-state index contributed by atoms with van der Waals surface area (Å²) < 4.78 is 6.22. The molecule has 6 heteroatoms. The number of nitrogens with zero attached hydrogens (tertiary/aromatic N) is 1. The van der Waals surface area contributed by atoms with E-state index in [-0.39, 0.29) is 11.5 Å². The lowest BCUT2D eigenvalue weighted by molar-refractivity contribution is -0.141. The van der Waals surface area contributed by atoms with Crippen LogP contribution in [0.15, 0.2) is 15.8 Å². The number of rotatable bonds is 5. The number of hydrogen-bond acceptors (Lipinski definition) is 4. The highest BCUT2D eigenvalue weighted by atomic mass is 16.5. The van der Waals surface area contributed by atoms with Gasteiger partial charge in [0.05, 0.1) is 6.61 Å². The fourth-order valence-corrected chi connectivity index (χ4v) is 1.38. The smallest absolute Gasteiger partial charge is 0.328 e. The van der Waals surface area contributed by atoms with Gasteiger partial charge in [-0.2, -0.15) is 0 Å². The highest BCUT2D eigenvalue weighted by Gasteiger charge is 2.00. The molecule has 17 heavy (non-hydrogen) atoms. The number of unbranched alkanes of at least 4 members (excludes halogenated alkanes) is 1. The maximum absolute atomic E-state index is 11.4. The minimum absolute atomic E-state index is 0.304. The van der Waals surface area contributed by atoms with Crippen LogP contribution in [0.4, 0.5) is 0 Å². The molecule has 0 saturated heterocycles. The van der Waals surface area contributed by atoms with Crippen molar-refractivity contribution in [2.75, 3.05) is 6.61 Å². The van der Waals surface area contributed by atoms with Crippen LogP contribution in [-0.2, 0) is 16.1 Å². The van der Waals surface area contributed by atoms with Crippen LogP contribution in [0.3, 0.4) is 0 Å². The van der Waals surface area contributed by atoms with Gasteiger partial charge in [0.1, 0.15) is 0 Å². The zero-order chi connectivity index (χ0) is 12.8. The molecule has 0 aliphatic carbocycles. The van der Waals surface area contributed by atoms with Crippen molar-refractivity contribution in [1.82, 2.24) is 9.55 Å². The van der Waals surface area contributed by atoms with Gasteiger partial charge in [-0.1, -0.05) is 0 Å². The summed E-state index contributed by atoms with van der Waals surface area (Å²) >= 11 is 0. The Morgan fingerprint density at radius 1 is 1.41 bits per heavy atom. The molecule has 0 unspecified atom stereocenters. The van der Waals surface area contributed by atoms with Crippen LogP contribution in [0, 0.1) is 6.92 Å². The summed E-state index contributed by atoms with van der Waals surface area (Å²) in [5.41, 5.74) is -0.260. The van der Waals surface area contributed by atoms with E-state index in [0.717, 1.165) is 0 Å². The van der Waals surface area contributed by atoms with E-state index in [0.29, 0.717) is 31.6 Å². The number of carbonyl (C=O) groups excluding carboxylic acids is 1. The average molecular weight is 240 g/mol. The fraction of sp³-hybridized carbons (Fsp3) is 0.545. The third-order valence-electron chi connectivity index (χ3n) is 2.29. The van der Waals surface area contributed by atoms with E-state index in [1.54, 1.807) is 6.92 Å². The first-order valence-corrected chi connectivity index (χ1v) is 5.44. The quantitative estimate of drug-likeness (QED) is 0.588. The summed E-state index contributed by atoms with van der Waals surface area (Å²) in [6.07, 6.45) is 2.93. The number of aryl methyl sites for hydroxylation is 2. The first kappa shape index (κ1) is 13.2. The monoisotopic (exact) mass is 240 g/mol. The van der Waals surface area contributed by atoms with Crippen molar-refractivity contribution < 1.29 is 9.53 Å². The van der Waals surface area contributed by atoms with Gasteiger partial charge < -0.3 is 9.30 Å². The van der Waals surface area contributed by atoms with E-state index in [4.69, 9.17) is 4.74 Å². The van der Waals surface area contributed by atoms with Crippen LogP contribution in [0.2, 0.25) is 0 Å². The fourth-order valence-electron chi connectivity index (χ4n) is 1.38. The van der Waals surface area contributed by atoms with Gasteiger partial charge in [-0.15, -0.1) is 0 Å². The Bertz CT molecular complexity index is 501. The minimum atomic E-state index is -0.409. The largest absolute Gasteiger partial charge is 0.466 e. The lowest BCUT2D eigenvalue weighted by atomic mass is 10.3. The van der Waals surface area contributed by atoms with Crippen molar-refractivity contribution in [3.63, 3.8) is 0 Å². The van der Waals surface area contributed by atoms with Crippen molar-refractivity contribution in [3.05, 3.63) is 32.6 Å². The molecule has 0 aromatic carbocycles. The number of ether oxygens (including phenoxy) is 1. The molecule has 1 N–H and O–H groups in total. The Labute approximate surface area is 98.2 Å². The molecular formula is C11H16N2O4. The van der Waals surface area contributed by atoms with Crippen molar-refractivity contribution in [1.29, 1.82) is 0 Å². The SMILES string of the molecule is CC(=O)OCCCCn1cc(C)c(=O)[nH]c1=O. The molecule has 0 spiro atoms. The van der Waals surface area contributed by atoms with E-state index in [9.17, 15) is 14.4 Å². The average Bonchev–Trinajstić information content (AvgIpc) is 2.24. The normalized spacial score (nSPS) is 10.2. The van der Waals surface area contributed by atoms with Crippen LogP contribution < -0.4 is 11.2 Å². The second-order valence-electron chi connectivity index (χ2n) is 3.81. The zero-order valence-electron chi connectivity index (χ0n) is 9.99. The zero-order valence-corrected chi connectivity index (χ0v) is 9.99. The van der Waals surface area contributed by atoms with Gasteiger partial charge in [0.15, 0.2) is 0 Å². The summed E-state index contributed by atoms with van der Waals surface area (Å²) in [7, 11) is 0. The molecular weight excluding hydrogens is 224 g/mol. The molecule has 0 aliphatic rings. The van der Waals surface area contributed by atoms with Crippen molar-refractivity contribution in [2.24, 2.45) is 0 Å². The van der Waals surface area contributed by atoms with E-state index in [2.05, 4.69) is 4.98 Å². The Morgan fingerprint density at radius 3 is 2.76 bits per heavy atom. The second-order valence-corrected chi connectivity index (χ2v) is 3.81. The Balaban J connectivity index is 2.47. The number of H-pyrrole nitrogens is 1. The van der Waals surface area contributed by atoms with Crippen LogP contribution in [0.25, 0.3) is 0 Å². The molecule has 0 aliphatic heterocycles. The van der Waals surface area contributed by atoms with Crippen LogP contribution in [0.5, 0.6) is 0 Å². The van der Waals surface area contributed by atoms with E-state index < -0.39 is 5.69 Å². The molecule has 0 amide bonds. The van der Waals surface area contributed by atoms with E-state index in [1.165, 1.54) is 17.7 Å². The van der Waals surface area contributed by atoms with Gasteiger partial charge in [0.2, 0.25) is 0 Å². The molecule has 0 atom stereocenters. The highest BCUT2D eigenvalue weighted by molar-refractivity contribution is 5.65. The molecule has 1 aromatic heterocycles. The molecule has 0 fully saturated rings. The molecule has 1 heterocycles. The second kappa shape index (κ2) is 6.03. The van der Waals surface area contributed by atoms with Crippen molar-refractivity contribution >= 4 is 5.97 Å². The summed E-state index contributed by atoms with van der Waals surface area (Å²) in [6.45, 7) is 3.85. The lowest BCUT2D eigenvalue weighted by Gasteiger charge is -2.05. The van der Waals surface area contributed by atoms with Crippen molar-refractivity contribution in [2.45, 2.75) is 33.2 Å². The number of aromatic amines is 1. The third kappa shape index (κ3) is 4.26. The molecule has 1 aromatic rings. The molecule has 0 radical (unpaired) electrons. The van der Waals surface area contributed by atoms with E-state index >= 15 is 0 Å². The standard InChI is InChI=1S/C11H16N2O4/c1-8-7-13(11(16)12-10(8)15)5-3-4-6-17-9(2)14/h7H,3-6H2,1-2H3,(H,12,15,16). The predicted octanol–water partition coefficient (Wildman–Crippen LogP) is 0.188. The molecule has 1 rings (SSSR count). The number of hydrogen-bond donors (Lipinski definition) is 1. The third-order valence-corrected chi connectivity index (χ3v) is 2.29. The molecule has 0 saturated carbocycles. The topological polar surface area (TPSA) is 81.2 Å². The first-order valence-electron chi connectivity index (χ1n) is 5.44. The molecule has 6 nitrogen and oxygen atoms in total. The van der Waals surface area contributed by atoms with Crippen molar-refractivity contribution in [3.8, 4) is 0 Å². The molecule has 94 valence electrons. The Morgan fingerprint density at radius 2 is 2.12 bits per heavy atom. The molecule has 0 bridgehead atoms. The summed E-state index contributed by atoms with van der Waals surface area (Å²) in [5.74, 6) is -0.304. The van der Waals surface area contributed by atoms with Crippen LogP contribution in [0.1, 0.15) is 25.3 Å². The van der Waals surface area contributed by atoms with Gasteiger partial charge in [-0.05, 0) is 19.8 Å². The van der Waals surface area contributed by atoms with Gasteiger partial charge >= 0.3 is 11.7 Å². The summed E-state index contributed by atoms with van der Waals surface area (Å²) in [6, 6.07) is 0. The predicted molar refractivity (Wildman–Crippen MR) is 61.9 cm³/mol. The minimum Gasteiger partial charge on any atom is -0.466 e. The number of aromatic nitrogens is 2. The maximum atomic E-state index is 11.4.